The number of ether oxygens (including phenoxy) is 2. The van der Waals surface area contributed by atoms with Crippen molar-refractivity contribution < 1.29 is 27.8 Å². The summed E-state index contributed by atoms with van der Waals surface area (Å²) in [6.07, 6.45) is -5.75. The summed E-state index contributed by atoms with van der Waals surface area (Å²) in [7, 11) is 2.87. The smallest absolute Gasteiger partial charge is 0.438 e. The van der Waals surface area contributed by atoms with Gasteiger partial charge in [0.25, 0.3) is 5.72 Å². The maximum absolute atomic E-state index is 14.0. The topological polar surface area (TPSA) is 67.2 Å². The van der Waals surface area contributed by atoms with Crippen LogP contribution in [0.1, 0.15) is 12.0 Å². The van der Waals surface area contributed by atoms with E-state index in [1.165, 1.54) is 14.2 Å². The Balaban J connectivity index is 1.78. The zero-order valence-electron chi connectivity index (χ0n) is 16.6. The minimum Gasteiger partial charge on any atom is -0.497 e. The number of hydrogen-bond donors (Lipinski definition) is 1. The van der Waals surface area contributed by atoms with Gasteiger partial charge in [-0.1, -0.05) is 30.3 Å². The molecule has 1 aliphatic rings. The first kappa shape index (κ1) is 21.1. The third kappa shape index (κ3) is 3.72. The molecule has 6 nitrogen and oxygen atoms in total. The van der Waals surface area contributed by atoms with Gasteiger partial charge in [0.15, 0.2) is 0 Å². The van der Waals surface area contributed by atoms with Crippen LogP contribution in [0.15, 0.2) is 59.0 Å². The van der Waals surface area contributed by atoms with E-state index < -0.39 is 18.3 Å². The summed E-state index contributed by atoms with van der Waals surface area (Å²) in [6, 6.07) is 13.7. The number of aromatic nitrogens is 1. The van der Waals surface area contributed by atoms with Gasteiger partial charge in [-0.2, -0.15) is 23.3 Å². The predicted octanol–water partition coefficient (Wildman–Crippen LogP) is 4.69. The fourth-order valence-electron chi connectivity index (χ4n) is 3.26. The number of hydrazone groups is 1. The molecule has 0 spiro atoms. The molecule has 1 atom stereocenters. The van der Waals surface area contributed by atoms with Crippen molar-refractivity contribution in [3.63, 3.8) is 0 Å². The Bertz CT molecular complexity index is 1120. The van der Waals surface area contributed by atoms with Crippen LogP contribution in [0.5, 0.6) is 11.5 Å². The molecule has 1 aliphatic heterocycles. The van der Waals surface area contributed by atoms with Crippen LogP contribution in [0, 0.1) is 0 Å². The van der Waals surface area contributed by atoms with Crippen molar-refractivity contribution >= 4 is 22.2 Å². The average molecular weight is 449 g/mol. The monoisotopic (exact) mass is 449 g/mol. The van der Waals surface area contributed by atoms with Gasteiger partial charge in [0.2, 0.25) is 5.13 Å². The van der Waals surface area contributed by atoms with Crippen molar-refractivity contribution in [2.24, 2.45) is 5.10 Å². The molecule has 0 aliphatic carbocycles. The van der Waals surface area contributed by atoms with E-state index in [1.807, 2.05) is 18.2 Å². The fraction of sp³-hybridized carbons (Fsp3) is 0.238. The maximum Gasteiger partial charge on any atom is 0.438 e. The fourth-order valence-corrected chi connectivity index (χ4v) is 4.11. The third-order valence-electron chi connectivity index (χ3n) is 4.90. The van der Waals surface area contributed by atoms with E-state index in [0.717, 1.165) is 16.9 Å². The van der Waals surface area contributed by atoms with Crippen LogP contribution in [0.2, 0.25) is 0 Å². The van der Waals surface area contributed by atoms with Gasteiger partial charge >= 0.3 is 6.18 Å². The molecule has 31 heavy (non-hydrogen) atoms. The van der Waals surface area contributed by atoms with Crippen molar-refractivity contribution in [1.29, 1.82) is 0 Å². The van der Waals surface area contributed by atoms with Crippen LogP contribution in [-0.2, 0) is 0 Å². The van der Waals surface area contributed by atoms with E-state index in [2.05, 4.69) is 10.1 Å². The van der Waals surface area contributed by atoms with Crippen LogP contribution < -0.4 is 14.5 Å². The highest BCUT2D eigenvalue weighted by molar-refractivity contribution is 7.14. The number of thiazole rings is 1. The second-order valence-corrected chi connectivity index (χ2v) is 7.63. The molecule has 0 fully saturated rings. The van der Waals surface area contributed by atoms with Crippen LogP contribution in [0.25, 0.3) is 11.3 Å². The molecule has 2 heterocycles. The van der Waals surface area contributed by atoms with E-state index in [1.54, 1.807) is 35.7 Å². The summed E-state index contributed by atoms with van der Waals surface area (Å²) < 4.78 is 52.3. The first-order valence-corrected chi connectivity index (χ1v) is 10.0. The number of anilines is 1. The number of nitrogens with zero attached hydrogens (tertiary/aromatic N) is 3. The van der Waals surface area contributed by atoms with E-state index in [0.29, 0.717) is 22.0 Å². The van der Waals surface area contributed by atoms with Crippen LogP contribution in [0.3, 0.4) is 0 Å². The number of alkyl halides is 3. The zero-order valence-corrected chi connectivity index (χ0v) is 17.4. The number of halogens is 3. The molecular formula is C21H18F3N3O3S. The molecule has 0 saturated heterocycles. The summed E-state index contributed by atoms with van der Waals surface area (Å²) in [6.45, 7) is 0. The Hall–Kier alpha value is -3.11. The molecule has 162 valence electrons. The molecule has 0 bridgehead atoms. The zero-order chi connectivity index (χ0) is 22.2. The van der Waals surface area contributed by atoms with E-state index in [-0.39, 0.29) is 16.6 Å². The summed E-state index contributed by atoms with van der Waals surface area (Å²) >= 11 is 0.970. The van der Waals surface area contributed by atoms with Gasteiger partial charge in [-0.3, -0.25) is 0 Å². The molecule has 10 heteroatoms. The molecule has 1 unspecified atom stereocenters. The van der Waals surface area contributed by atoms with E-state index >= 15 is 0 Å². The van der Waals surface area contributed by atoms with Crippen LogP contribution in [-0.4, -0.2) is 41.9 Å². The summed E-state index contributed by atoms with van der Waals surface area (Å²) in [5.41, 5.74) is -1.64. The van der Waals surface area contributed by atoms with Crippen molar-refractivity contribution in [3.8, 4) is 22.8 Å². The van der Waals surface area contributed by atoms with E-state index in [4.69, 9.17) is 9.47 Å². The normalized spacial score (nSPS) is 18.8. The highest BCUT2D eigenvalue weighted by Gasteiger charge is 2.62. The standard InChI is InChI=1S/C21H18F3N3O3S/c1-29-14-8-9-15(18(10-14)30-2)16-11-20(28,21(22,23)24)27(26-16)19-25-17(12-31-19)13-6-4-3-5-7-13/h3-10,12,28H,11H2,1-2H3. The minimum absolute atomic E-state index is 0.0239. The van der Waals surface area contributed by atoms with Gasteiger partial charge in [-0.25, -0.2) is 4.98 Å². The van der Waals surface area contributed by atoms with Gasteiger partial charge in [-0.05, 0) is 12.1 Å². The number of aliphatic hydroxyl groups is 1. The average Bonchev–Trinajstić information content (AvgIpc) is 3.39. The number of methoxy groups -OCH3 is 2. The third-order valence-corrected chi connectivity index (χ3v) is 5.72. The Labute approximate surface area is 180 Å². The lowest BCUT2D eigenvalue weighted by atomic mass is 10.00. The number of rotatable bonds is 5. The Morgan fingerprint density at radius 2 is 1.84 bits per heavy atom. The largest absolute Gasteiger partial charge is 0.497 e. The van der Waals surface area contributed by atoms with E-state index in [9.17, 15) is 18.3 Å². The Morgan fingerprint density at radius 1 is 1.10 bits per heavy atom. The van der Waals surface area contributed by atoms with Gasteiger partial charge in [0.05, 0.1) is 32.0 Å². The first-order chi connectivity index (χ1) is 14.8. The second kappa shape index (κ2) is 7.86. The maximum atomic E-state index is 14.0. The van der Waals surface area contributed by atoms with Crippen molar-refractivity contribution in [1.82, 2.24) is 4.98 Å². The molecule has 0 amide bonds. The highest BCUT2D eigenvalue weighted by Crippen LogP contribution is 2.46. The number of benzene rings is 2. The summed E-state index contributed by atoms with van der Waals surface area (Å²) in [5, 5.41) is 16.9. The molecule has 4 rings (SSSR count). The van der Waals surface area contributed by atoms with Gasteiger partial charge in [0, 0.05) is 22.6 Å². The lowest BCUT2D eigenvalue weighted by Gasteiger charge is -2.32. The van der Waals surface area contributed by atoms with Crippen molar-refractivity contribution in [2.75, 3.05) is 19.2 Å². The SMILES string of the molecule is COc1ccc(C2=NN(c3nc(-c4ccccc4)cs3)C(O)(C(F)(F)F)C2)c(OC)c1. The summed E-state index contributed by atoms with van der Waals surface area (Å²) in [5.74, 6) is 0.767. The lowest BCUT2D eigenvalue weighted by molar-refractivity contribution is -0.254. The van der Waals surface area contributed by atoms with Gasteiger partial charge in [0.1, 0.15) is 11.5 Å². The molecule has 1 N–H and O–H groups in total. The lowest BCUT2D eigenvalue weighted by Crippen LogP contribution is -2.55. The molecule has 0 saturated carbocycles. The van der Waals surface area contributed by atoms with Crippen LogP contribution >= 0.6 is 11.3 Å². The second-order valence-electron chi connectivity index (χ2n) is 6.80. The van der Waals surface area contributed by atoms with Gasteiger partial charge < -0.3 is 14.6 Å². The van der Waals surface area contributed by atoms with Crippen molar-refractivity contribution in [2.45, 2.75) is 18.3 Å². The molecule has 3 aromatic rings. The Morgan fingerprint density at radius 3 is 2.48 bits per heavy atom. The minimum atomic E-state index is -4.98. The number of hydrogen-bond acceptors (Lipinski definition) is 7. The van der Waals surface area contributed by atoms with Crippen molar-refractivity contribution in [3.05, 3.63) is 59.5 Å². The molecule has 0 radical (unpaired) electrons. The molecule has 2 aromatic carbocycles. The molecule has 1 aromatic heterocycles. The Kier molecular flexibility index (Phi) is 5.36. The first-order valence-electron chi connectivity index (χ1n) is 9.17. The molecular weight excluding hydrogens is 431 g/mol. The quantitative estimate of drug-likeness (QED) is 0.612. The highest BCUT2D eigenvalue weighted by atomic mass is 32.1. The summed E-state index contributed by atoms with van der Waals surface area (Å²) in [4.78, 5) is 4.30. The van der Waals surface area contributed by atoms with Gasteiger partial charge in [-0.15, -0.1) is 11.3 Å². The van der Waals surface area contributed by atoms with Crippen LogP contribution in [0.4, 0.5) is 18.3 Å². The predicted molar refractivity (Wildman–Crippen MR) is 112 cm³/mol.